The highest BCUT2D eigenvalue weighted by Gasteiger charge is 2.69. The van der Waals surface area contributed by atoms with Gasteiger partial charge < -0.3 is 0 Å². The highest BCUT2D eigenvalue weighted by atomic mass is 14.7. The monoisotopic (exact) mass is 417 g/mol. The van der Waals surface area contributed by atoms with Crippen LogP contribution in [-0.2, 0) is 0 Å². The summed E-state index contributed by atoms with van der Waals surface area (Å²) < 4.78 is 0. The Morgan fingerprint density at radius 2 is 1.65 bits per heavy atom. The molecule has 8 atom stereocenters. The van der Waals surface area contributed by atoms with Crippen molar-refractivity contribution in [2.24, 2.45) is 50.7 Å². The molecule has 0 N–H and O–H groups in total. The van der Waals surface area contributed by atoms with Gasteiger partial charge in [-0.25, -0.2) is 0 Å². The van der Waals surface area contributed by atoms with Gasteiger partial charge in [0.25, 0.3) is 0 Å². The maximum absolute atomic E-state index is 9.97. The number of nitriles is 1. The fraction of sp³-hybridized carbons (Fsp3) is 0.767. The van der Waals surface area contributed by atoms with Crippen LogP contribution in [0.25, 0.3) is 0 Å². The van der Waals surface area contributed by atoms with Crippen molar-refractivity contribution in [3.8, 4) is 6.07 Å². The first-order valence-electron chi connectivity index (χ1n) is 13.0. The highest BCUT2D eigenvalue weighted by molar-refractivity contribution is 5.49. The Kier molecular flexibility index (Phi) is 4.45. The molecule has 4 fully saturated rings. The van der Waals surface area contributed by atoms with E-state index in [0.717, 1.165) is 23.0 Å². The van der Waals surface area contributed by atoms with Crippen LogP contribution in [0.15, 0.2) is 36.5 Å². The van der Waals surface area contributed by atoms with Crippen LogP contribution in [0.5, 0.6) is 0 Å². The molecule has 0 amide bonds. The van der Waals surface area contributed by atoms with Crippen LogP contribution >= 0.6 is 0 Å². The Morgan fingerprint density at radius 3 is 2.32 bits per heavy atom. The molecule has 0 saturated heterocycles. The minimum atomic E-state index is 0.00363. The fourth-order valence-corrected chi connectivity index (χ4v) is 10.7. The molecule has 5 aliphatic carbocycles. The highest BCUT2D eigenvalue weighted by Crippen LogP contribution is 2.76. The van der Waals surface area contributed by atoms with Crippen LogP contribution in [0.2, 0.25) is 0 Å². The smallest absolute Gasteiger partial charge is 0.0991 e. The van der Waals surface area contributed by atoms with E-state index in [0.29, 0.717) is 28.1 Å². The van der Waals surface area contributed by atoms with Crippen molar-refractivity contribution < 1.29 is 0 Å². The average molecular weight is 418 g/mol. The Morgan fingerprint density at radius 1 is 0.903 bits per heavy atom. The Bertz CT molecular complexity index is 900. The number of rotatable bonds is 1. The minimum Gasteiger partial charge on any atom is -0.192 e. The normalized spacial score (nSPS) is 52.6. The van der Waals surface area contributed by atoms with Crippen LogP contribution in [0.4, 0.5) is 0 Å². The third-order valence-corrected chi connectivity index (χ3v) is 12.6. The molecule has 168 valence electrons. The number of hydrogen-bond donors (Lipinski definition) is 0. The summed E-state index contributed by atoms with van der Waals surface area (Å²) in [5.41, 5.74) is 3.22. The van der Waals surface area contributed by atoms with E-state index in [9.17, 15) is 5.26 Å². The molecule has 31 heavy (non-hydrogen) atoms. The van der Waals surface area contributed by atoms with Crippen molar-refractivity contribution in [3.05, 3.63) is 36.5 Å². The summed E-state index contributed by atoms with van der Waals surface area (Å²) in [4.78, 5) is 0. The topological polar surface area (TPSA) is 23.8 Å². The summed E-state index contributed by atoms with van der Waals surface area (Å²) in [5.74, 6) is 2.94. The number of hydrogen-bond acceptors (Lipinski definition) is 1. The van der Waals surface area contributed by atoms with Crippen molar-refractivity contribution in [3.63, 3.8) is 0 Å². The van der Waals surface area contributed by atoms with Gasteiger partial charge in [-0.05, 0) is 108 Å². The quantitative estimate of drug-likeness (QED) is 0.394. The van der Waals surface area contributed by atoms with Crippen LogP contribution in [0, 0.1) is 62.1 Å². The van der Waals surface area contributed by atoms with Gasteiger partial charge in [0.15, 0.2) is 0 Å². The summed E-state index contributed by atoms with van der Waals surface area (Å²) in [6.45, 7) is 21.3. The molecule has 1 heteroatoms. The molecular weight excluding hydrogens is 374 g/mol. The van der Waals surface area contributed by atoms with Gasteiger partial charge in [0, 0.05) is 0 Å². The van der Waals surface area contributed by atoms with Gasteiger partial charge in [-0.3, -0.25) is 0 Å². The van der Waals surface area contributed by atoms with Gasteiger partial charge in [-0.1, -0.05) is 59.8 Å². The minimum absolute atomic E-state index is 0.00363. The zero-order valence-electron chi connectivity index (χ0n) is 20.7. The molecule has 0 bridgehead atoms. The molecule has 4 saturated carbocycles. The lowest BCUT2D eigenvalue weighted by atomic mass is 9.33. The second-order valence-corrected chi connectivity index (χ2v) is 13.3. The molecule has 0 aliphatic heterocycles. The first-order valence-corrected chi connectivity index (χ1v) is 13.0. The van der Waals surface area contributed by atoms with Crippen molar-refractivity contribution >= 4 is 0 Å². The third-order valence-electron chi connectivity index (χ3n) is 12.6. The number of allylic oxidation sites excluding steroid dienone is 4. The van der Waals surface area contributed by atoms with Gasteiger partial charge in [0.2, 0.25) is 0 Å². The van der Waals surface area contributed by atoms with Crippen molar-refractivity contribution in [2.75, 3.05) is 0 Å². The molecule has 0 aromatic heterocycles. The molecule has 5 rings (SSSR count). The summed E-state index contributed by atoms with van der Waals surface area (Å²) >= 11 is 0. The standard InChI is InChI=1S/C30H43N/c1-8-30-14-9-10-23(30)22-11-12-25-27(5)18-21(19-31)20(2)26(3,4)24(27)13-15-29(25,7)28(22,6)16-17-30/h8,18,22-25H,1-2,9-17H2,3-7H3/t22?,23?,24?,25?,27?,28-,29?,30?/m1/s1. The van der Waals surface area contributed by atoms with Crippen LogP contribution in [0.3, 0.4) is 0 Å². The number of fused-ring (bicyclic) bond motifs is 7. The van der Waals surface area contributed by atoms with Crippen LogP contribution in [-0.4, -0.2) is 0 Å². The van der Waals surface area contributed by atoms with Crippen LogP contribution < -0.4 is 0 Å². The molecule has 1 nitrogen and oxygen atoms in total. The third kappa shape index (κ3) is 2.38. The largest absolute Gasteiger partial charge is 0.192 e. The SMILES string of the molecule is C=CC12CCCC1C1CCC3C4(C)C=C(C#N)C(=C)C(C)(C)C4CCC3(C)[C@]1(C)CC2. The lowest BCUT2D eigenvalue weighted by Crippen LogP contribution is -2.64. The van der Waals surface area contributed by atoms with Crippen molar-refractivity contribution in [2.45, 2.75) is 92.4 Å². The first-order chi connectivity index (χ1) is 14.5. The molecule has 0 aromatic rings. The fourth-order valence-electron chi connectivity index (χ4n) is 10.7. The molecule has 5 aliphatic rings. The predicted octanol–water partition coefficient (Wildman–Crippen LogP) is 8.25. The van der Waals surface area contributed by atoms with Gasteiger partial charge in [-0.2, -0.15) is 5.26 Å². The lowest BCUT2D eigenvalue weighted by Gasteiger charge is -2.71. The van der Waals surface area contributed by atoms with E-state index >= 15 is 0 Å². The molecule has 0 aromatic carbocycles. The second kappa shape index (κ2) is 6.40. The molecular formula is C30H43N. The van der Waals surface area contributed by atoms with E-state index in [1.54, 1.807) is 0 Å². The maximum Gasteiger partial charge on any atom is 0.0991 e. The van der Waals surface area contributed by atoms with Gasteiger partial charge in [0.1, 0.15) is 0 Å². The van der Waals surface area contributed by atoms with Crippen molar-refractivity contribution in [1.82, 2.24) is 0 Å². The van der Waals surface area contributed by atoms with E-state index in [4.69, 9.17) is 0 Å². The zero-order chi connectivity index (χ0) is 22.4. The number of nitrogens with zero attached hydrogens (tertiary/aromatic N) is 1. The zero-order valence-corrected chi connectivity index (χ0v) is 20.7. The first kappa shape index (κ1) is 21.6. The van der Waals surface area contributed by atoms with E-state index < -0.39 is 0 Å². The predicted molar refractivity (Wildman–Crippen MR) is 129 cm³/mol. The van der Waals surface area contributed by atoms with E-state index in [1.807, 2.05) is 0 Å². The van der Waals surface area contributed by atoms with Gasteiger partial charge in [0.05, 0.1) is 11.6 Å². The summed E-state index contributed by atoms with van der Waals surface area (Å²) in [6, 6.07) is 2.53. The Balaban J connectivity index is 1.60. The molecule has 0 spiro atoms. The molecule has 0 radical (unpaired) electrons. The summed E-state index contributed by atoms with van der Waals surface area (Å²) in [6.07, 6.45) is 17.0. The lowest BCUT2D eigenvalue weighted by molar-refractivity contribution is -0.209. The second-order valence-electron chi connectivity index (χ2n) is 13.3. The molecule has 7 unspecified atom stereocenters. The Hall–Kier alpha value is -1.29. The maximum atomic E-state index is 9.97. The van der Waals surface area contributed by atoms with Gasteiger partial charge >= 0.3 is 0 Å². The van der Waals surface area contributed by atoms with Crippen LogP contribution in [0.1, 0.15) is 92.4 Å². The summed E-state index contributed by atoms with van der Waals surface area (Å²) in [7, 11) is 0. The van der Waals surface area contributed by atoms with Crippen molar-refractivity contribution in [1.29, 1.82) is 5.26 Å². The molecule has 0 heterocycles. The van der Waals surface area contributed by atoms with E-state index in [1.165, 1.54) is 57.8 Å². The van der Waals surface area contributed by atoms with E-state index in [2.05, 4.69) is 66.0 Å². The Labute approximate surface area is 191 Å². The summed E-state index contributed by atoms with van der Waals surface area (Å²) in [5, 5.41) is 9.97. The van der Waals surface area contributed by atoms with Gasteiger partial charge in [-0.15, -0.1) is 6.58 Å². The van der Waals surface area contributed by atoms with E-state index in [-0.39, 0.29) is 10.8 Å². The average Bonchev–Trinajstić information content (AvgIpc) is 3.16.